The van der Waals surface area contributed by atoms with Crippen LogP contribution < -0.4 is 0 Å². The molecule has 0 amide bonds. The fourth-order valence-electron chi connectivity index (χ4n) is 1.36. The molecule has 0 heterocycles. The van der Waals surface area contributed by atoms with Crippen LogP contribution >= 0.6 is 0 Å². The summed E-state index contributed by atoms with van der Waals surface area (Å²) < 4.78 is 52.8. The smallest absolute Gasteiger partial charge is 0.195 e. The molecule has 1 aromatic rings. The minimum Gasteiger partial charge on any atom is -0.206 e. The van der Waals surface area contributed by atoms with Crippen LogP contribution in [0.25, 0.3) is 6.08 Å². The maximum atomic E-state index is 13.5. The van der Waals surface area contributed by atoms with Crippen molar-refractivity contribution in [1.82, 2.24) is 0 Å². The van der Waals surface area contributed by atoms with Crippen LogP contribution in [0.4, 0.5) is 17.6 Å². The van der Waals surface area contributed by atoms with Gasteiger partial charge in [-0.15, -0.1) is 0 Å². The third-order valence-electron chi connectivity index (χ3n) is 2.11. The van der Waals surface area contributed by atoms with Gasteiger partial charge >= 0.3 is 0 Å². The van der Waals surface area contributed by atoms with E-state index in [9.17, 15) is 17.6 Å². The molecule has 0 aliphatic carbocycles. The van der Waals surface area contributed by atoms with Gasteiger partial charge in [-0.1, -0.05) is 19.6 Å². The summed E-state index contributed by atoms with van der Waals surface area (Å²) in [4.78, 5) is 0. The maximum absolute atomic E-state index is 13.5. The molecule has 0 aliphatic rings. The molecule has 0 N–H and O–H groups in total. The van der Waals surface area contributed by atoms with Crippen LogP contribution in [0.15, 0.2) is 6.58 Å². The summed E-state index contributed by atoms with van der Waals surface area (Å²) in [6, 6.07) is 0. The van der Waals surface area contributed by atoms with E-state index in [1.165, 1.54) is 14.8 Å². The molecule has 0 aliphatic heterocycles. The van der Waals surface area contributed by atoms with Crippen molar-refractivity contribution in [3.63, 3.8) is 0 Å². The average Bonchev–Trinajstić information content (AvgIpc) is 2.15. The molecule has 0 bridgehead atoms. The Bertz CT molecular complexity index is 413. The van der Waals surface area contributed by atoms with Crippen molar-refractivity contribution in [1.29, 1.82) is 0 Å². The van der Waals surface area contributed by atoms with E-state index in [4.69, 9.17) is 0 Å². The van der Waals surface area contributed by atoms with Crippen LogP contribution in [0.3, 0.4) is 0 Å². The Hall–Kier alpha value is -1.26. The lowest BCUT2D eigenvalue weighted by Crippen LogP contribution is -2.09. The predicted octanol–water partition coefficient (Wildman–Crippen LogP) is 2.58. The fraction of sp³-hybridized carbons (Fsp3) is 0.200. The van der Waals surface area contributed by atoms with Gasteiger partial charge in [-0.25, -0.2) is 17.6 Å². The number of hydrogen-bond acceptors (Lipinski definition) is 0. The molecule has 80 valence electrons. The van der Waals surface area contributed by atoms with Gasteiger partial charge in [-0.05, 0) is 5.82 Å². The summed E-state index contributed by atoms with van der Waals surface area (Å²) in [5, 5.41) is 0. The van der Waals surface area contributed by atoms with E-state index in [-0.39, 0.29) is 0 Å². The van der Waals surface area contributed by atoms with Crippen LogP contribution in [-0.4, -0.2) is 7.85 Å². The van der Waals surface area contributed by atoms with Crippen LogP contribution in [0, 0.1) is 23.3 Å². The fourth-order valence-corrected chi connectivity index (χ4v) is 1.36. The molecule has 15 heavy (non-hydrogen) atoms. The molecule has 0 radical (unpaired) electrons. The van der Waals surface area contributed by atoms with E-state index in [0.29, 0.717) is 0 Å². The first-order valence-electron chi connectivity index (χ1n) is 4.40. The molecular formula is C10H9BF4. The van der Waals surface area contributed by atoms with Crippen LogP contribution in [0.1, 0.15) is 23.9 Å². The van der Waals surface area contributed by atoms with Crippen LogP contribution in [0.5, 0.6) is 0 Å². The van der Waals surface area contributed by atoms with Gasteiger partial charge in [0.05, 0.1) is 0 Å². The zero-order valence-electron chi connectivity index (χ0n) is 8.37. The van der Waals surface area contributed by atoms with Crippen molar-refractivity contribution in [2.75, 3.05) is 0 Å². The van der Waals surface area contributed by atoms with Gasteiger partial charge in [-0.3, -0.25) is 0 Å². The molecule has 0 nitrogen and oxygen atoms in total. The minimum atomic E-state index is -1.66. The molecule has 0 saturated carbocycles. The SMILES string of the molecule is BC(C)c1c(F)c(F)c(F)c(C=C)c1F. The highest BCUT2D eigenvalue weighted by atomic mass is 19.2. The van der Waals surface area contributed by atoms with E-state index < -0.39 is 40.2 Å². The zero-order valence-corrected chi connectivity index (χ0v) is 8.37. The van der Waals surface area contributed by atoms with E-state index in [1.807, 2.05) is 0 Å². The topological polar surface area (TPSA) is 0 Å². The number of benzene rings is 1. The largest absolute Gasteiger partial charge is 0.206 e. The van der Waals surface area contributed by atoms with Crippen molar-refractivity contribution >= 4 is 13.9 Å². The van der Waals surface area contributed by atoms with Gasteiger partial charge in [0, 0.05) is 11.1 Å². The predicted molar refractivity (Wildman–Crippen MR) is 53.3 cm³/mol. The van der Waals surface area contributed by atoms with E-state index in [2.05, 4.69) is 6.58 Å². The number of halogens is 4. The number of hydrogen-bond donors (Lipinski definition) is 0. The monoisotopic (exact) mass is 216 g/mol. The Balaban J connectivity index is 3.68. The first kappa shape index (κ1) is 11.8. The van der Waals surface area contributed by atoms with Gasteiger partial charge < -0.3 is 0 Å². The second-order valence-corrected chi connectivity index (χ2v) is 3.44. The summed E-state index contributed by atoms with van der Waals surface area (Å²) >= 11 is 0. The molecule has 0 spiro atoms. The Labute approximate surface area is 86.0 Å². The van der Waals surface area contributed by atoms with Crippen LogP contribution in [0.2, 0.25) is 0 Å². The van der Waals surface area contributed by atoms with Crippen molar-refractivity contribution in [3.05, 3.63) is 41.0 Å². The second kappa shape index (κ2) is 4.09. The Morgan fingerprint density at radius 1 is 1.07 bits per heavy atom. The molecule has 1 aromatic carbocycles. The Kier molecular flexibility index (Phi) is 3.22. The Morgan fingerprint density at radius 3 is 2.00 bits per heavy atom. The summed E-state index contributed by atoms with van der Waals surface area (Å²) in [5.74, 6) is -6.32. The standard InChI is InChI=1S/C10H9BF4/c1-3-5-7(12)6(4(2)11)9(14)10(15)8(5)13/h3-4H,1,11H2,2H3. The van der Waals surface area contributed by atoms with Gasteiger partial charge in [0.2, 0.25) is 0 Å². The summed E-state index contributed by atoms with van der Waals surface area (Å²) in [6.45, 7) is 4.65. The normalized spacial score (nSPS) is 12.6. The van der Waals surface area contributed by atoms with Gasteiger partial charge in [0.1, 0.15) is 13.7 Å². The minimum absolute atomic E-state index is 0.455. The van der Waals surface area contributed by atoms with E-state index in [0.717, 1.165) is 6.08 Å². The molecule has 0 saturated heterocycles. The lowest BCUT2D eigenvalue weighted by molar-refractivity contribution is 0.423. The maximum Gasteiger partial charge on any atom is 0.195 e. The highest BCUT2D eigenvalue weighted by Crippen LogP contribution is 2.28. The number of rotatable bonds is 2. The average molecular weight is 216 g/mol. The molecule has 5 heteroatoms. The quantitative estimate of drug-likeness (QED) is 0.308. The molecule has 1 rings (SSSR count). The molecule has 1 unspecified atom stereocenters. The van der Waals surface area contributed by atoms with Gasteiger partial charge in [0.15, 0.2) is 17.5 Å². The lowest BCUT2D eigenvalue weighted by Gasteiger charge is -2.12. The van der Waals surface area contributed by atoms with E-state index in [1.54, 1.807) is 0 Å². The van der Waals surface area contributed by atoms with E-state index >= 15 is 0 Å². The Morgan fingerprint density at radius 2 is 1.60 bits per heavy atom. The molecule has 0 fully saturated rings. The van der Waals surface area contributed by atoms with Crippen molar-refractivity contribution < 1.29 is 17.6 Å². The second-order valence-electron chi connectivity index (χ2n) is 3.44. The summed E-state index contributed by atoms with van der Waals surface area (Å²) in [7, 11) is 1.49. The molecular weight excluding hydrogens is 207 g/mol. The highest BCUT2D eigenvalue weighted by Gasteiger charge is 2.24. The molecule has 0 aromatic heterocycles. The molecule has 1 atom stereocenters. The van der Waals surface area contributed by atoms with Crippen molar-refractivity contribution in [2.45, 2.75) is 12.7 Å². The lowest BCUT2D eigenvalue weighted by atomic mass is 9.81. The van der Waals surface area contributed by atoms with Gasteiger partial charge in [-0.2, -0.15) is 0 Å². The van der Waals surface area contributed by atoms with Crippen molar-refractivity contribution in [3.8, 4) is 0 Å². The first-order chi connectivity index (χ1) is 6.91. The summed E-state index contributed by atoms with van der Waals surface area (Å²) in [5.41, 5.74) is -1.08. The zero-order chi connectivity index (χ0) is 11.7. The first-order valence-corrected chi connectivity index (χ1v) is 4.40. The third-order valence-corrected chi connectivity index (χ3v) is 2.11. The summed E-state index contributed by atoms with van der Waals surface area (Å²) in [6.07, 6.45) is 0.832. The van der Waals surface area contributed by atoms with Crippen LogP contribution in [-0.2, 0) is 0 Å². The van der Waals surface area contributed by atoms with Gasteiger partial charge in [0.25, 0.3) is 0 Å². The highest BCUT2D eigenvalue weighted by molar-refractivity contribution is 6.12. The van der Waals surface area contributed by atoms with Crippen molar-refractivity contribution in [2.24, 2.45) is 0 Å². The third kappa shape index (κ3) is 1.78.